The van der Waals surface area contributed by atoms with Crippen LogP contribution in [0, 0.1) is 0 Å². The maximum Gasteiger partial charge on any atom is 0.246 e. The molecule has 1 rings (SSSR count). The summed E-state index contributed by atoms with van der Waals surface area (Å²) in [6.45, 7) is -0.0522. The zero-order valence-electron chi connectivity index (χ0n) is 6.74. The SMILES string of the molecule is Cn1cc(C(CN)C(F)F)cn1. The molecule has 1 unspecified atom stereocenters. The molecule has 1 atom stereocenters. The molecule has 12 heavy (non-hydrogen) atoms. The van der Waals surface area contributed by atoms with Gasteiger partial charge in [-0.1, -0.05) is 0 Å². The van der Waals surface area contributed by atoms with Gasteiger partial charge in [-0.25, -0.2) is 8.78 Å². The summed E-state index contributed by atoms with van der Waals surface area (Å²) in [7, 11) is 1.68. The Morgan fingerprint density at radius 3 is 2.67 bits per heavy atom. The topological polar surface area (TPSA) is 43.8 Å². The number of nitrogens with zero attached hydrogens (tertiary/aromatic N) is 2. The number of aromatic nitrogens is 2. The second-order valence-electron chi connectivity index (χ2n) is 2.62. The van der Waals surface area contributed by atoms with Crippen molar-refractivity contribution in [3.8, 4) is 0 Å². The summed E-state index contributed by atoms with van der Waals surface area (Å²) in [5.74, 6) is -0.890. The first-order chi connectivity index (χ1) is 5.65. The molecule has 68 valence electrons. The predicted molar refractivity (Wildman–Crippen MR) is 41.0 cm³/mol. The molecule has 0 aliphatic heterocycles. The first-order valence-corrected chi connectivity index (χ1v) is 3.62. The quantitative estimate of drug-likeness (QED) is 0.735. The van der Waals surface area contributed by atoms with Crippen LogP contribution in [0.2, 0.25) is 0 Å². The van der Waals surface area contributed by atoms with Gasteiger partial charge in [-0.05, 0) is 0 Å². The molecule has 1 heterocycles. The molecule has 0 aliphatic carbocycles. The fourth-order valence-electron chi connectivity index (χ4n) is 1.02. The van der Waals surface area contributed by atoms with Crippen molar-refractivity contribution in [2.45, 2.75) is 12.3 Å². The molecule has 1 aromatic rings. The van der Waals surface area contributed by atoms with Crippen LogP contribution >= 0.6 is 0 Å². The number of rotatable bonds is 3. The summed E-state index contributed by atoms with van der Waals surface area (Å²) in [5, 5.41) is 3.80. The number of halogens is 2. The lowest BCUT2D eigenvalue weighted by Gasteiger charge is -2.10. The van der Waals surface area contributed by atoms with Crippen molar-refractivity contribution in [2.24, 2.45) is 12.8 Å². The first-order valence-electron chi connectivity index (χ1n) is 3.62. The van der Waals surface area contributed by atoms with Crippen LogP contribution < -0.4 is 5.73 Å². The highest BCUT2D eigenvalue weighted by Crippen LogP contribution is 2.20. The van der Waals surface area contributed by atoms with Gasteiger partial charge in [0.2, 0.25) is 6.43 Å². The van der Waals surface area contributed by atoms with Crippen molar-refractivity contribution in [3.05, 3.63) is 18.0 Å². The molecule has 0 saturated heterocycles. The van der Waals surface area contributed by atoms with Crippen molar-refractivity contribution in [3.63, 3.8) is 0 Å². The monoisotopic (exact) mass is 175 g/mol. The van der Waals surface area contributed by atoms with Crippen molar-refractivity contribution >= 4 is 0 Å². The maximum absolute atomic E-state index is 12.3. The van der Waals surface area contributed by atoms with E-state index >= 15 is 0 Å². The second-order valence-corrected chi connectivity index (χ2v) is 2.62. The molecule has 0 bridgehead atoms. The van der Waals surface area contributed by atoms with Gasteiger partial charge < -0.3 is 5.73 Å². The van der Waals surface area contributed by atoms with Crippen molar-refractivity contribution < 1.29 is 8.78 Å². The van der Waals surface area contributed by atoms with E-state index in [0.29, 0.717) is 5.56 Å². The third kappa shape index (κ3) is 1.79. The Morgan fingerprint density at radius 1 is 1.67 bits per heavy atom. The molecular weight excluding hydrogens is 164 g/mol. The third-order valence-electron chi connectivity index (χ3n) is 1.71. The Kier molecular flexibility index (Phi) is 2.75. The minimum Gasteiger partial charge on any atom is -0.330 e. The number of alkyl halides is 2. The van der Waals surface area contributed by atoms with Gasteiger partial charge in [0.05, 0.1) is 12.1 Å². The van der Waals surface area contributed by atoms with Crippen LogP contribution in [0.5, 0.6) is 0 Å². The van der Waals surface area contributed by atoms with Crippen molar-refractivity contribution in [1.29, 1.82) is 0 Å². The van der Waals surface area contributed by atoms with Crippen molar-refractivity contribution in [2.75, 3.05) is 6.54 Å². The summed E-state index contributed by atoms with van der Waals surface area (Å²) in [6, 6.07) is 0. The van der Waals surface area contributed by atoms with E-state index in [2.05, 4.69) is 5.10 Å². The highest BCUT2D eigenvalue weighted by molar-refractivity contribution is 5.12. The highest BCUT2D eigenvalue weighted by atomic mass is 19.3. The molecule has 3 nitrogen and oxygen atoms in total. The van der Waals surface area contributed by atoms with Gasteiger partial charge in [0.25, 0.3) is 0 Å². The van der Waals surface area contributed by atoms with Gasteiger partial charge in [0.1, 0.15) is 0 Å². The molecule has 0 spiro atoms. The highest BCUT2D eigenvalue weighted by Gasteiger charge is 2.21. The number of nitrogens with two attached hydrogens (primary N) is 1. The molecule has 5 heteroatoms. The van der Waals surface area contributed by atoms with Crippen LogP contribution in [0.3, 0.4) is 0 Å². The average Bonchev–Trinajstić information content (AvgIpc) is 2.37. The largest absolute Gasteiger partial charge is 0.330 e. The number of hydrogen-bond acceptors (Lipinski definition) is 2. The summed E-state index contributed by atoms with van der Waals surface area (Å²) in [5.41, 5.74) is 5.69. The summed E-state index contributed by atoms with van der Waals surface area (Å²) in [4.78, 5) is 0. The molecule has 2 N–H and O–H groups in total. The lowest BCUT2D eigenvalue weighted by atomic mass is 10.0. The van der Waals surface area contributed by atoms with Gasteiger partial charge in [0.15, 0.2) is 0 Å². The molecule has 0 aliphatic rings. The Morgan fingerprint density at radius 2 is 2.33 bits per heavy atom. The van der Waals surface area contributed by atoms with Gasteiger partial charge in [0, 0.05) is 25.4 Å². The van der Waals surface area contributed by atoms with Crippen LogP contribution in [0.4, 0.5) is 8.78 Å². The van der Waals surface area contributed by atoms with Crippen LogP contribution in [-0.4, -0.2) is 22.8 Å². The number of aryl methyl sites for hydroxylation is 1. The zero-order chi connectivity index (χ0) is 9.14. The van der Waals surface area contributed by atoms with Gasteiger partial charge >= 0.3 is 0 Å². The molecule has 0 fully saturated rings. The van der Waals surface area contributed by atoms with Gasteiger partial charge in [-0.3, -0.25) is 4.68 Å². The lowest BCUT2D eigenvalue weighted by molar-refractivity contribution is 0.117. The Bertz CT molecular complexity index is 247. The lowest BCUT2D eigenvalue weighted by Crippen LogP contribution is -2.19. The summed E-state index contributed by atoms with van der Waals surface area (Å²) in [6.07, 6.45) is 0.562. The normalized spacial score (nSPS) is 13.8. The fraction of sp³-hybridized carbons (Fsp3) is 0.571. The Hall–Kier alpha value is -0.970. The van der Waals surface area contributed by atoms with Gasteiger partial charge in [-0.15, -0.1) is 0 Å². The predicted octanol–water partition coefficient (Wildman–Crippen LogP) is 0.727. The Balaban J connectivity index is 2.80. The zero-order valence-corrected chi connectivity index (χ0v) is 6.74. The Labute approximate surface area is 69.2 Å². The van der Waals surface area contributed by atoms with E-state index in [-0.39, 0.29) is 6.54 Å². The molecular formula is C7H11F2N3. The van der Waals surface area contributed by atoms with E-state index < -0.39 is 12.3 Å². The first kappa shape index (κ1) is 9.12. The van der Waals surface area contributed by atoms with E-state index in [4.69, 9.17) is 5.73 Å². The summed E-state index contributed by atoms with van der Waals surface area (Å²) < 4.78 is 26.0. The van der Waals surface area contributed by atoms with Crippen LogP contribution in [-0.2, 0) is 7.05 Å². The van der Waals surface area contributed by atoms with E-state index in [1.165, 1.54) is 10.9 Å². The van der Waals surface area contributed by atoms with E-state index in [9.17, 15) is 8.78 Å². The van der Waals surface area contributed by atoms with Crippen LogP contribution in [0.25, 0.3) is 0 Å². The van der Waals surface area contributed by atoms with E-state index in [1.54, 1.807) is 13.2 Å². The number of hydrogen-bond donors (Lipinski definition) is 1. The van der Waals surface area contributed by atoms with E-state index in [0.717, 1.165) is 0 Å². The molecule has 0 aromatic carbocycles. The molecule has 0 amide bonds. The molecule has 0 saturated carbocycles. The minimum atomic E-state index is -2.42. The third-order valence-corrected chi connectivity index (χ3v) is 1.71. The fourth-order valence-corrected chi connectivity index (χ4v) is 1.02. The standard InChI is InChI=1S/C7H11F2N3/c1-12-4-5(3-11-12)6(2-10)7(8)9/h3-4,6-7H,2,10H2,1H3. The molecule has 0 radical (unpaired) electrons. The van der Waals surface area contributed by atoms with Crippen molar-refractivity contribution in [1.82, 2.24) is 9.78 Å². The average molecular weight is 175 g/mol. The van der Waals surface area contributed by atoms with Crippen LogP contribution in [0.1, 0.15) is 11.5 Å². The minimum absolute atomic E-state index is 0.0522. The smallest absolute Gasteiger partial charge is 0.246 e. The molecule has 1 aromatic heterocycles. The maximum atomic E-state index is 12.3. The summed E-state index contributed by atoms with van der Waals surface area (Å²) >= 11 is 0. The van der Waals surface area contributed by atoms with E-state index in [1.807, 2.05) is 0 Å². The van der Waals surface area contributed by atoms with Crippen LogP contribution in [0.15, 0.2) is 12.4 Å². The van der Waals surface area contributed by atoms with Gasteiger partial charge in [-0.2, -0.15) is 5.10 Å². The second kappa shape index (κ2) is 3.62.